The van der Waals surface area contributed by atoms with Crippen molar-refractivity contribution in [1.29, 1.82) is 0 Å². The Hall–Kier alpha value is -2.30. The van der Waals surface area contributed by atoms with Gasteiger partial charge in [-0.15, -0.1) is 0 Å². The molecule has 0 amide bonds. The fourth-order valence-corrected chi connectivity index (χ4v) is 2.34. The highest BCUT2D eigenvalue weighted by Crippen LogP contribution is 2.39. The number of fused-ring (bicyclic) bond motifs is 1. The molecular formula is C13H13N5. The summed E-state index contributed by atoms with van der Waals surface area (Å²) in [6, 6.07) is 6.45. The summed E-state index contributed by atoms with van der Waals surface area (Å²) in [5.41, 5.74) is 8.89. The Morgan fingerprint density at radius 2 is 2.17 bits per heavy atom. The molecule has 0 unspecified atom stereocenters. The lowest BCUT2D eigenvalue weighted by Gasteiger charge is -2.04. The Bertz CT molecular complexity index is 720. The molecule has 3 aromatic heterocycles. The molecule has 3 heterocycles. The minimum absolute atomic E-state index is 0.576. The molecule has 1 aliphatic carbocycles. The number of rotatable bonds is 2. The van der Waals surface area contributed by atoms with Crippen molar-refractivity contribution in [3.8, 4) is 11.4 Å². The zero-order chi connectivity index (χ0) is 12.1. The van der Waals surface area contributed by atoms with Crippen LogP contribution >= 0.6 is 0 Å². The van der Waals surface area contributed by atoms with Crippen molar-refractivity contribution in [2.45, 2.75) is 18.9 Å². The van der Waals surface area contributed by atoms with E-state index in [1.54, 1.807) is 0 Å². The highest BCUT2D eigenvalue weighted by atomic mass is 15.1. The molecule has 3 aromatic rings. The summed E-state index contributed by atoms with van der Waals surface area (Å²) < 4.78 is 4.08. The first-order valence-electron chi connectivity index (χ1n) is 6.09. The van der Waals surface area contributed by atoms with E-state index in [9.17, 15) is 0 Å². The molecule has 5 nitrogen and oxygen atoms in total. The van der Waals surface area contributed by atoms with E-state index in [0.29, 0.717) is 11.9 Å². The van der Waals surface area contributed by atoms with Gasteiger partial charge in [-0.3, -0.25) is 4.40 Å². The average molecular weight is 239 g/mol. The third-order valence-electron chi connectivity index (χ3n) is 3.42. The van der Waals surface area contributed by atoms with Crippen LogP contribution in [-0.4, -0.2) is 18.9 Å². The van der Waals surface area contributed by atoms with Crippen LogP contribution in [0.25, 0.3) is 17.0 Å². The fourth-order valence-electron chi connectivity index (χ4n) is 2.34. The highest BCUT2D eigenvalue weighted by molar-refractivity contribution is 5.72. The van der Waals surface area contributed by atoms with Crippen LogP contribution in [0.4, 0.5) is 5.82 Å². The molecule has 18 heavy (non-hydrogen) atoms. The van der Waals surface area contributed by atoms with Crippen LogP contribution in [0.5, 0.6) is 0 Å². The SMILES string of the molecule is Nc1c(-c2cncn2C2CC2)nc2ccccn12. The van der Waals surface area contributed by atoms with E-state index in [1.807, 2.05) is 41.3 Å². The topological polar surface area (TPSA) is 61.1 Å². The first-order valence-corrected chi connectivity index (χ1v) is 6.09. The third-order valence-corrected chi connectivity index (χ3v) is 3.42. The molecule has 5 heteroatoms. The van der Waals surface area contributed by atoms with Crippen molar-refractivity contribution in [3.05, 3.63) is 36.9 Å². The van der Waals surface area contributed by atoms with Crippen LogP contribution in [0.2, 0.25) is 0 Å². The molecule has 0 saturated heterocycles. The van der Waals surface area contributed by atoms with Gasteiger partial charge in [0, 0.05) is 12.2 Å². The van der Waals surface area contributed by atoms with E-state index < -0.39 is 0 Å². The zero-order valence-corrected chi connectivity index (χ0v) is 9.82. The van der Waals surface area contributed by atoms with Crippen LogP contribution in [0, 0.1) is 0 Å². The number of pyridine rings is 1. The van der Waals surface area contributed by atoms with Gasteiger partial charge in [0.1, 0.15) is 17.2 Å². The van der Waals surface area contributed by atoms with Crippen molar-refractivity contribution in [2.75, 3.05) is 5.73 Å². The number of hydrogen-bond acceptors (Lipinski definition) is 3. The molecule has 2 N–H and O–H groups in total. The minimum atomic E-state index is 0.576. The first kappa shape index (κ1) is 9.70. The standard InChI is InChI=1S/C13H13N5/c14-13-12(16-11-3-1-2-6-17(11)13)10-7-15-8-18(10)9-4-5-9/h1-3,6-9H,4-5,14H2. The Balaban J connectivity index is 1.96. The molecule has 0 atom stereocenters. The summed E-state index contributed by atoms with van der Waals surface area (Å²) in [6.07, 6.45) is 8.08. The third kappa shape index (κ3) is 1.27. The lowest BCUT2D eigenvalue weighted by Crippen LogP contribution is -1.98. The summed E-state index contributed by atoms with van der Waals surface area (Å²) >= 11 is 0. The van der Waals surface area contributed by atoms with Gasteiger partial charge in [0.05, 0.1) is 18.2 Å². The summed E-state index contributed by atoms with van der Waals surface area (Å²) in [6.45, 7) is 0. The Morgan fingerprint density at radius 1 is 1.28 bits per heavy atom. The van der Waals surface area contributed by atoms with Crippen molar-refractivity contribution >= 4 is 11.5 Å². The van der Waals surface area contributed by atoms with Crippen molar-refractivity contribution < 1.29 is 0 Å². The number of nitrogen functional groups attached to an aromatic ring is 1. The minimum Gasteiger partial charge on any atom is -0.383 e. The first-order chi connectivity index (χ1) is 8.84. The van der Waals surface area contributed by atoms with E-state index in [0.717, 1.165) is 17.0 Å². The van der Waals surface area contributed by atoms with E-state index >= 15 is 0 Å². The molecule has 4 rings (SSSR count). The number of anilines is 1. The number of nitrogens with two attached hydrogens (primary N) is 1. The van der Waals surface area contributed by atoms with Crippen molar-refractivity contribution in [2.24, 2.45) is 0 Å². The molecule has 1 aliphatic rings. The van der Waals surface area contributed by atoms with Crippen LogP contribution in [0.15, 0.2) is 36.9 Å². The maximum Gasteiger partial charge on any atom is 0.139 e. The lowest BCUT2D eigenvalue weighted by molar-refractivity contribution is 0.746. The van der Waals surface area contributed by atoms with Gasteiger partial charge >= 0.3 is 0 Å². The summed E-state index contributed by atoms with van der Waals surface area (Å²) in [7, 11) is 0. The Morgan fingerprint density at radius 3 is 2.94 bits per heavy atom. The average Bonchev–Trinajstić information content (AvgIpc) is 3.04. The maximum atomic E-state index is 6.18. The molecule has 0 spiro atoms. The van der Waals surface area contributed by atoms with Gasteiger partial charge in [0.25, 0.3) is 0 Å². The molecule has 0 radical (unpaired) electrons. The van der Waals surface area contributed by atoms with E-state index in [2.05, 4.69) is 14.5 Å². The van der Waals surface area contributed by atoms with Gasteiger partial charge < -0.3 is 10.3 Å². The predicted octanol–water partition coefficient (Wildman–Crippen LogP) is 2.11. The monoisotopic (exact) mass is 239 g/mol. The van der Waals surface area contributed by atoms with Crippen LogP contribution in [0.1, 0.15) is 18.9 Å². The van der Waals surface area contributed by atoms with Gasteiger partial charge in [0.15, 0.2) is 0 Å². The largest absolute Gasteiger partial charge is 0.383 e. The zero-order valence-electron chi connectivity index (χ0n) is 9.82. The molecule has 1 saturated carbocycles. The van der Waals surface area contributed by atoms with Gasteiger partial charge in [-0.2, -0.15) is 0 Å². The summed E-state index contributed by atoms with van der Waals surface area (Å²) in [5.74, 6) is 0.674. The second-order valence-corrected chi connectivity index (χ2v) is 4.69. The highest BCUT2D eigenvalue weighted by Gasteiger charge is 2.27. The van der Waals surface area contributed by atoms with Crippen LogP contribution in [0.3, 0.4) is 0 Å². The molecule has 0 aromatic carbocycles. The summed E-state index contributed by atoms with van der Waals surface area (Å²) in [5, 5.41) is 0. The quantitative estimate of drug-likeness (QED) is 0.745. The van der Waals surface area contributed by atoms with E-state index in [1.165, 1.54) is 12.8 Å². The predicted molar refractivity (Wildman–Crippen MR) is 69.1 cm³/mol. The van der Waals surface area contributed by atoms with Crippen LogP contribution in [-0.2, 0) is 0 Å². The van der Waals surface area contributed by atoms with Gasteiger partial charge in [-0.05, 0) is 25.0 Å². The van der Waals surface area contributed by atoms with Gasteiger partial charge in [-0.1, -0.05) is 6.07 Å². The molecule has 1 fully saturated rings. The van der Waals surface area contributed by atoms with Crippen molar-refractivity contribution in [1.82, 2.24) is 18.9 Å². The maximum absolute atomic E-state index is 6.18. The second-order valence-electron chi connectivity index (χ2n) is 4.69. The molecule has 90 valence electrons. The molecule has 0 aliphatic heterocycles. The smallest absolute Gasteiger partial charge is 0.139 e. The second kappa shape index (κ2) is 3.35. The lowest BCUT2D eigenvalue weighted by atomic mass is 10.3. The van der Waals surface area contributed by atoms with Gasteiger partial charge in [-0.25, -0.2) is 9.97 Å². The molecule has 0 bridgehead atoms. The fraction of sp³-hybridized carbons (Fsp3) is 0.231. The van der Waals surface area contributed by atoms with E-state index in [-0.39, 0.29) is 0 Å². The number of aromatic nitrogens is 4. The Kier molecular flexibility index (Phi) is 1.81. The number of hydrogen-bond donors (Lipinski definition) is 1. The summed E-state index contributed by atoms with van der Waals surface area (Å²) in [4.78, 5) is 8.83. The number of nitrogens with zero attached hydrogens (tertiary/aromatic N) is 4. The molecular weight excluding hydrogens is 226 g/mol. The van der Waals surface area contributed by atoms with Crippen molar-refractivity contribution in [3.63, 3.8) is 0 Å². The van der Waals surface area contributed by atoms with Crippen LogP contribution < -0.4 is 5.73 Å². The van der Waals surface area contributed by atoms with Gasteiger partial charge in [0.2, 0.25) is 0 Å². The van der Waals surface area contributed by atoms with E-state index in [4.69, 9.17) is 5.73 Å². The number of imidazole rings is 2. The normalized spacial score (nSPS) is 15.3. The Labute approximate surface area is 104 Å².